The quantitative estimate of drug-likeness (QED) is 0.240. The van der Waals surface area contributed by atoms with Crippen LogP contribution >= 0.6 is 31.9 Å². The normalized spacial score (nSPS) is 55.4. The molecule has 2 aliphatic heterocycles. The maximum Gasteiger partial charge on any atom is 0.302 e. The van der Waals surface area contributed by atoms with Gasteiger partial charge in [0.05, 0.1) is 12.7 Å². The summed E-state index contributed by atoms with van der Waals surface area (Å²) in [4.78, 5) is 26.3. The van der Waals surface area contributed by atoms with E-state index in [4.69, 9.17) is 14.2 Å². The maximum atomic E-state index is 14.7. The van der Waals surface area contributed by atoms with Crippen molar-refractivity contribution in [1.29, 1.82) is 0 Å². The second-order valence-corrected chi connectivity index (χ2v) is 17.3. The number of hydrogen-bond acceptors (Lipinski definition) is 5. The molecule has 5 nitrogen and oxygen atoms in total. The Labute approximate surface area is 232 Å². The Bertz CT molecular complexity index is 944. The van der Waals surface area contributed by atoms with Crippen molar-refractivity contribution in [2.24, 2.45) is 52.3 Å². The first-order valence-corrected chi connectivity index (χ1v) is 15.8. The summed E-state index contributed by atoms with van der Waals surface area (Å²) in [5.74, 6) is 2.03. The van der Waals surface area contributed by atoms with Crippen LogP contribution in [-0.2, 0) is 23.8 Å². The third-order valence-corrected chi connectivity index (χ3v) is 13.7. The fraction of sp³-hybridized carbons (Fsp3) is 0.931. The van der Waals surface area contributed by atoms with Gasteiger partial charge in [-0.05, 0) is 80.0 Å². The van der Waals surface area contributed by atoms with Gasteiger partial charge in [-0.15, -0.1) is 0 Å². The Hall–Kier alpha value is 0.0200. The number of rotatable bonds is 1. The standard InChI is InChI=1S/C29H42Br2O5/c1-15-8-11-28(34-14-15)16(2)23-22(36-28)13-21-20-7-6-18-12-19(35-17(3)32)9-10-26(18,4)24(20)29(30,31)25(33)27(21,23)5/h15-16,18-24H,6-14H2,1-5H3/t15?,16-,18-,19?,20?,21?,22?,23?,24?,26?,27?,28+/m0/s1. The Morgan fingerprint density at radius 3 is 2.47 bits per heavy atom. The summed E-state index contributed by atoms with van der Waals surface area (Å²) in [7, 11) is 0. The second-order valence-electron chi connectivity index (χ2n) is 13.7. The summed E-state index contributed by atoms with van der Waals surface area (Å²) in [6.07, 6.45) is 8.16. The van der Waals surface area contributed by atoms with E-state index in [2.05, 4.69) is 59.6 Å². The highest BCUT2D eigenvalue weighted by Crippen LogP contribution is 2.74. The van der Waals surface area contributed by atoms with Crippen molar-refractivity contribution in [2.45, 2.75) is 107 Å². The highest BCUT2D eigenvalue weighted by Gasteiger charge is 2.76. The Kier molecular flexibility index (Phi) is 6.20. The Morgan fingerprint density at radius 2 is 1.81 bits per heavy atom. The lowest BCUT2D eigenvalue weighted by Crippen LogP contribution is -2.66. The summed E-state index contributed by atoms with van der Waals surface area (Å²) in [5, 5.41) is 0. The minimum Gasteiger partial charge on any atom is -0.463 e. The summed E-state index contributed by atoms with van der Waals surface area (Å²) < 4.78 is 18.2. The predicted molar refractivity (Wildman–Crippen MR) is 144 cm³/mol. The predicted octanol–water partition coefficient (Wildman–Crippen LogP) is 6.64. The van der Waals surface area contributed by atoms with Gasteiger partial charge < -0.3 is 14.2 Å². The fourth-order valence-electron chi connectivity index (χ4n) is 10.4. The highest BCUT2D eigenvalue weighted by atomic mass is 79.9. The summed E-state index contributed by atoms with van der Waals surface area (Å²) in [5.41, 5.74) is -0.413. The molecule has 2 saturated heterocycles. The number of fused-ring (bicyclic) bond motifs is 7. The van der Waals surface area contributed by atoms with Crippen LogP contribution in [0.25, 0.3) is 0 Å². The van der Waals surface area contributed by atoms with Gasteiger partial charge in [-0.3, -0.25) is 9.59 Å². The van der Waals surface area contributed by atoms with E-state index in [0.29, 0.717) is 29.5 Å². The van der Waals surface area contributed by atoms with Gasteiger partial charge in [0, 0.05) is 30.6 Å². The minimum absolute atomic E-state index is 0.0104. The number of hydrogen-bond donors (Lipinski definition) is 0. The van der Waals surface area contributed by atoms with Crippen LogP contribution < -0.4 is 0 Å². The molecule has 4 aliphatic carbocycles. The molecular formula is C29H42Br2O5. The number of esters is 1. The van der Waals surface area contributed by atoms with Gasteiger partial charge in [-0.2, -0.15) is 0 Å². The molecule has 4 saturated carbocycles. The monoisotopic (exact) mass is 628 g/mol. The van der Waals surface area contributed by atoms with E-state index >= 15 is 0 Å². The van der Waals surface area contributed by atoms with Crippen LogP contribution in [-0.4, -0.2) is 39.6 Å². The lowest BCUT2D eigenvalue weighted by molar-refractivity contribution is -0.272. The molecule has 36 heavy (non-hydrogen) atoms. The van der Waals surface area contributed by atoms with Gasteiger partial charge in [0.15, 0.2) is 11.6 Å². The topological polar surface area (TPSA) is 61.8 Å². The fourth-order valence-corrected chi connectivity index (χ4v) is 13.0. The number of alkyl halides is 2. The van der Waals surface area contributed by atoms with E-state index in [1.807, 2.05) is 0 Å². The van der Waals surface area contributed by atoms with Gasteiger partial charge >= 0.3 is 5.97 Å². The molecule has 0 aromatic heterocycles. The molecule has 0 bridgehead atoms. The Morgan fingerprint density at radius 1 is 1.06 bits per heavy atom. The van der Waals surface area contributed by atoms with Crippen molar-refractivity contribution < 1.29 is 23.8 Å². The molecule has 0 aromatic rings. The van der Waals surface area contributed by atoms with Gasteiger partial charge in [0.25, 0.3) is 0 Å². The average Bonchev–Trinajstić information content (AvgIpc) is 3.25. The van der Waals surface area contributed by atoms with Crippen molar-refractivity contribution in [1.82, 2.24) is 0 Å². The third kappa shape index (κ3) is 3.43. The molecule has 0 aromatic carbocycles. The molecular weight excluding hydrogens is 588 g/mol. The molecule has 0 N–H and O–H groups in total. The highest BCUT2D eigenvalue weighted by molar-refractivity contribution is 9.26. The molecule has 6 aliphatic rings. The molecule has 12 atom stereocenters. The molecule has 6 fully saturated rings. The van der Waals surface area contributed by atoms with Gasteiger partial charge in [-0.1, -0.05) is 59.6 Å². The number of Topliss-reactive ketones (excluding diaryl/α,β-unsaturated/α-hetero) is 1. The van der Waals surface area contributed by atoms with Crippen molar-refractivity contribution in [3.05, 3.63) is 0 Å². The molecule has 1 spiro atoms. The first-order valence-electron chi connectivity index (χ1n) is 14.3. The smallest absolute Gasteiger partial charge is 0.302 e. The van der Waals surface area contributed by atoms with E-state index in [9.17, 15) is 9.59 Å². The van der Waals surface area contributed by atoms with E-state index in [0.717, 1.165) is 58.0 Å². The third-order valence-electron chi connectivity index (χ3n) is 12.0. The molecule has 0 amide bonds. The minimum atomic E-state index is -0.746. The van der Waals surface area contributed by atoms with Gasteiger partial charge in [0.1, 0.15) is 9.34 Å². The number of halogens is 2. The molecule has 9 unspecified atom stereocenters. The largest absolute Gasteiger partial charge is 0.463 e. The first kappa shape index (κ1) is 26.3. The number of ketones is 1. The first-order chi connectivity index (χ1) is 16.8. The molecule has 2 heterocycles. The van der Waals surface area contributed by atoms with Crippen LogP contribution in [0.15, 0.2) is 0 Å². The van der Waals surface area contributed by atoms with E-state index in [-0.39, 0.29) is 41.3 Å². The molecule has 202 valence electrons. The van der Waals surface area contributed by atoms with Gasteiger partial charge in [0.2, 0.25) is 0 Å². The van der Waals surface area contributed by atoms with Crippen LogP contribution in [0, 0.1) is 52.3 Å². The average molecular weight is 630 g/mol. The van der Waals surface area contributed by atoms with E-state index in [1.165, 1.54) is 6.92 Å². The number of ether oxygens (including phenoxy) is 3. The number of carbonyl (C=O) groups is 2. The van der Waals surface area contributed by atoms with Crippen LogP contribution in [0.5, 0.6) is 0 Å². The van der Waals surface area contributed by atoms with Crippen LogP contribution in [0.2, 0.25) is 0 Å². The van der Waals surface area contributed by atoms with Crippen LogP contribution in [0.3, 0.4) is 0 Å². The zero-order chi connectivity index (χ0) is 25.8. The zero-order valence-electron chi connectivity index (χ0n) is 22.4. The zero-order valence-corrected chi connectivity index (χ0v) is 25.5. The number of carbonyl (C=O) groups excluding carboxylic acids is 2. The van der Waals surface area contributed by atoms with E-state index < -0.39 is 14.4 Å². The van der Waals surface area contributed by atoms with Crippen molar-refractivity contribution in [3.63, 3.8) is 0 Å². The SMILES string of the molecule is CC(=O)OC1CCC2(C)C3C(CC[C@H]2C1)C1CC2O[C@]4(CCC(C)CO4)[C@@H](C)C2C1(C)C(=O)C3(Br)Br. The van der Waals surface area contributed by atoms with Crippen molar-refractivity contribution >= 4 is 43.6 Å². The Balaban J connectivity index is 1.32. The summed E-state index contributed by atoms with van der Waals surface area (Å²) in [6, 6.07) is 0. The molecule has 7 heteroatoms. The van der Waals surface area contributed by atoms with Crippen LogP contribution in [0.4, 0.5) is 0 Å². The maximum absolute atomic E-state index is 14.7. The second kappa shape index (κ2) is 8.51. The van der Waals surface area contributed by atoms with Crippen molar-refractivity contribution in [3.8, 4) is 0 Å². The van der Waals surface area contributed by atoms with Gasteiger partial charge in [-0.25, -0.2) is 0 Å². The lowest BCUT2D eigenvalue weighted by atomic mass is 9.44. The molecule has 6 rings (SSSR count). The molecule has 0 radical (unpaired) electrons. The van der Waals surface area contributed by atoms with Crippen molar-refractivity contribution in [2.75, 3.05) is 6.61 Å². The van der Waals surface area contributed by atoms with Crippen LogP contribution in [0.1, 0.15) is 86.0 Å². The summed E-state index contributed by atoms with van der Waals surface area (Å²) >= 11 is 8.09. The lowest BCUT2D eigenvalue weighted by Gasteiger charge is -2.64. The summed E-state index contributed by atoms with van der Waals surface area (Å²) in [6.45, 7) is 11.5. The van der Waals surface area contributed by atoms with E-state index in [1.54, 1.807) is 0 Å².